The van der Waals surface area contributed by atoms with Crippen LogP contribution in [-0.2, 0) is 15.7 Å². The van der Waals surface area contributed by atoms with Gasteiger partial charge in [0.15, 0.2) is 14.2 Å². The van der Waals surface area contributed by atoms with E-state index in [9.17, 15) is 13.2 Å². The Kier molecular flexibility index (Phi) is 5.45. The van der Waals surface area contributed by atoms with E-state index in [-0.39, 0.29) is 10.1 Å². The lowest BCUT2D eigenvalue weighted by atomic mass is 10.3. The summed E-state index contributed by atoms with van der Waals surface area (Å²) in [4.78, 5) is 17.5. The number of nitrogens with one attached hydrogen (secondary N) is 1. The molecule has 0 bridgehead atoms. The van der Waals surface area contributed by atoms with E-state index in [4.69, 9.17) is 0 Å². The van der Waals surface area contributed by atoms with Crippen molar-refractivity contribution in [3.05, 3.63) is 59.5 Å². The Morgan fingerprint density at radius 2 is 1.94 bits per heavy atom. The van der Waals surface area contributed by atoms with Gasteiger partial charge in [0.25, 0.3) is 5.91 Å². The Labute approximate surface area is 195 Å². The van der Waals surface area contributed by atoms with Gasteiger partial charge in [-0.1, -0.05) is 29.1 Å². The van der Waals surface area contributed by atoms with Gasteiger partial charge < -0.3 is 5.32 Å². The van der Waals surface area contributed by atoms with E-state index in [1.54, 1.807) is 17.8 Å². The molecule has 0 saturated carbocycles. The van der Waals surface area contributed by atoms with Crippen LogP contribution in [-0.4, -0.2) is 40.6 Å². The summed E-state index contributed by atoms with van der Waals surface area (Å²) in [5, 5.41) is 11.2. The number of carbonyl (C=O) groups excluding carboxylic acids is 1. The number of aromatic nitrogens is 4. The average molecular weight is 502 g/mol. The van der Waals surface area contributed by atoms with E-state index in [0.717, 1.165) is 43.2 Å². The molecule has 5 aromatic rings. The highest BCUT2D eigenvalue weighted by molar-refractivity contribution is 8.00. The summed E-state index contributed by atoms with van der Waals surface area (Å²) < 4.78 is 27.1. The number of carbonyl (C=O) groups is 1. The van der Waals surface area contributed by atoms with Crippen LogP contribution in [0.1, 0.15) is 9.67 Å². The molecule has 1 N–H and O–H groups in total. The van der Waals surface area contributed by atoms with E-state index < -0.39 is 9.84 Å². The smallest absolute Gasteiger partial charge is 0.265 e. The molecule has 32 heavy (non-hydrogen) atoms. The van der Waals surface area contributed by atoms with Crippen LogP contribution in [0.25, 0.3) is 21.3 Å². The Bertz CT molecular complexity index is 1570. The van der Waals surface area contributed by atoms with Crippen LogP contribution >= 0.6 is 34.4 Å². The normalized spacial score (nSPS) is 11.9. The maximum Gasteiger partial charge on any atom is 0.265 e. The fourth-order valence-corrected chi connectivity index (χ4v) is 6.81. The van der Waals surface area contributed by atoms with Crippen LogP contribution < -0.4 is 5.32 Å². The standard InChI is InChI=1S/C20H15N5O3S4/c1-32(27,28)18-9-8-16(30-18)19(26)21-12-6-7-14-17(10-12)31-20(22-14)29-11-25-15-5-3-2-4-13(15)23-24-25/h2-10H,11H2,1H3,(H,21,26). The Hall–Kier alpha value is -2.80. The molecule has 0 fully saturated rings. The maximum atomic E-state index is 12.5. The minimum atomic E-state index is -3.33. The zero-order valence-electron chi connectivity index (χ0n) is 16.5. The molecule has 162 valence electrons. The van der Waals surface area contributed by atoms with Crippen LogP contribution in [0.5, 0.6) is 0 Å². The fourth-order valence-electron chi connectivity index (χ4n) is 3.01. The highest BCUT2D eigenvalue weighted by Crippen LogP contribution is 2.32. The number of thiophene rings is 1. The zero-order chi connectivity index (χ0) is 22.3. The molecule has 0 atom stereocenters. The molecule has 12 heteroatoms. The predicted octanol–water partition coefficient (Wildman–Crippen LogP) is 4.51. The highest BCUT2D eigenvalue weighted by Gasteiger charge is 2.16. The van der Waals surface area contributed by atoms with Gasteiger partial charge in [0.05, 0.1) is 26.5 Å². The minimum absolute atomic E-state index is 0.169. The molecule has 0 radical (unpaired) electrons. The van der Waals surface area contributed by atoms with Crippen LogP contribution in [0.15, 0.2) is 63.1 Å². The number of hydrogen-bond acceptors (Lipinski definition) is 9. The van der Waals surface area contributed by atoms with Crippen molar-refractivity contribution >= 4 is 77.1 Å². The van der Waals surface area contributed by atoms with Crippen molar-refractivity contribution in [1.82, 2.24) is 20.0 Å². The summed E-state index contributed by atoms with van der Waals surface area (Å²) in [6.45, 7) is 0. The van der Waals surface area contributed by atoms with Crippen molar-refractivity contribution in [2.75, 3.05) is 11.6 Å². The largest absolute Gasteiger partial charge is 0.321 e. The highest BCUT2D eigenvalue weighted by atomic mass is 32.2. The van der Waals surface area contributed by atoms with Crippen molar-refractivity contribution in [1.29, 1.82) is 0 Å². The third-order valence-electron chi connectivity index (χ3n) is 4.53. The van der Waals surface area contributed by atoms with Crippen molar-refractivity contribution in [2.45, 2.75) is 14.4 Å². The first-order valence-corrected chi connectivity index (χ1v) is 13.8. The van der Waals surface area contributed by atoms with E-state index in [2.05, 4.69) is 20.6 Å². The number of nitrogens with zero attached hydrogens (tertiary/aromatic N) is 4. The number of rotatable bonds is 6. The quantitative estimate of drug-likeness (QED) is 0.341. The number of para-hydroxylation sites is 1. The number of amides is 1. The van der Waals surface area contributed by atoms with E-state index in [1.165, 1.54) is 23.5 Å². The number of sulfone groups is 1. The monoisotopic (exact) mass is 501 g/mol. The van der Waals surface area contributed by atoms with Gasteiger partial charge in [0.1, 0.15) is 9.73 Å². The first kappa shape index (κ1) is 21.1. The molecule has 0 unspecified atom stereocenters. The molecular weight excluding hydrogens is 487 g/mol. The summed E-state index contributed by atoms with van der Waals surface area (Å²) in [5.41, 5.74) is 3.29. The lowest BCUT2D eigenvalue weighted by Gasteiger charge is -2.03. The second-order valence-electron chi connectivity index (χ2n) is 6.86. The molecule has 0 aliphatic carbocycles. The number of hydrogen-bond donors (Lipinski definition) is 1. The van der Waals surface area contributed by atoms with E-state index in [1.807, 2.05) is 41.1 Å². The lowest BCUT2D eigenvalue weighted by Crippen LogP contribution is -2.09. The van der Waals surface area contributed by atoms with E-state index >= 15 is 0 Å². The molecule has 2 aromatic carbocycles. The van der Waals surface area contributed by atoms with Crippen LogP contribution in [0, 0.1) is 0 Å². The fraction of sp³-hybridized carbons (Fsp3) is 0.100. The number of thioether (sulfide) groups is 1. The average Bonchev–Trinajstić information content (AvgIpc) is 3.49. The summed E-state index contributed by atoms with van der Waals surface area (Å²) >= 11 is 4.05. The van der Waals surface area contributed by atoms with Crippen molar-refractivity contribution in [3.63, 3.8) is 0 Å². The van der Waals surface area contributed by atoms with Gasteiger partial charge in [-0.15, -0.1) is 27.8 Å². The number of thiazole rings is 1. The molecule has 0 aliphatic heterocycles. The van der Waals surface area contributed by atoms with Gasteiger partial charge >= 0.3 is 0 Å². The third-order valence-corrected chi connectivity index (χ3v) is 9.56. The maximum absolute atomic E-state index is 12.5. The predicted molar refractivity (Wildman–Crippen MR) is 128 cm³/mol. The second kappa shape index (κ2) is 8.28. The molecule has 0 spiro atoms. The van der Waals surface area contributed by atoms with Crippen molar-refractivity contribution in [3.8, 4) is 0 Å². The van der Waals surface area contributed by atoms with Gasteiger partial charge in [-0.3, -0.25) is 4.79 Å². The molecule has 1 amide bonds. The first-order valence-electron chi connectivity index (χ1n) is 9.30. The van der Waals surface area contributed by atoms with Crippen LogP contribution in [0.4, 0.5) is 5.69 Å². The minimum Gasteiger partial charge on any atom is -0.321 e. The summed E-state index contributed by atoms with van der Waals surface area (Å²) in [5.74, 6) is 0.242. The summed E-state index contributed by atoms with van der Waals surface area (Å²) in [7, 11) is -3.33. The van der Waals surface area contributed by atoms with Gasteiger partial charge in [-0.25, -0.2) is 18.1 Å². The SMILES string of the molecule is CS(=O)(=O)c1ccc(C(=O)Nc2ccc3nc(SCn4nnc5ccccc54)sc3c2)s1. The molecule has 0 aliphatic rings. The molecule has 8 nitrogen and oxygen atoms in total. The first-order chi connectivity index (χ1) is 15.4. The van der Waals surface area contributed by atoms with Gasteiger partial charge in [0.2, 0.25) is 0 Å². The topological polar surface area (TPSA) is 107 Å². The van der Waals surface area contributed by atoms with Gasteiger partial charge in [-0.2, -0.15) is 0 Å². The van der Waals surface area contributed by atoms with E-state index in [0.29, 0.717) is 16.4 Å². The number of anilines is 1. The van der Waals surface area contributed by atoms with Gasteiger partial charge in [0, 0.05) is 11.9 Å². The van der Waals surface area contributed by atoms with Crippen molar-refractivity contribution < 1.29 is 13.2 Å². The number of benzene rings is 2. The molecular formula is C20H15N5O3S4. The second-order valence-corrected chi connectivity index (χ2v) is 12.4. The van der Waals surface area contributed by atoms with Gasteiger partial charge in [-0.05, 0) is 42.5 Å². The van der Waals surface area contributed by atoms with Crippen LogP contribution in [0.3, 0.4) is 0 Å². The Morgan fingerprint density at radius 1 is 1.09 bits per heavy atom. The molecule has 0 saturated heterocycles. The summed E-state index contributed by atoms with van der Waals surface area (Å²) in [6, 6.07) is 16.3. The molecule has 3 aromatic heterocycles. The lowest BCUT2D eigenvalue weighted by molar-refractivity contribution is 0.103. The van der Waals surface area contributed by atoms with Crippen LogP contribution in [0.2, 0.25) is 0 Å². The van der Waals surface area contributed by atoms with Crippen molar-refractivity contribution in [2.24, 2.45) is 0 Å². The third kappa shape index (κ3) is 4.26. The zero-order valence-corrected chi connectivity index (χ0v) is 19.8. The Balaban J connectivity index is 1.30. The number of fused-ring (bicyclic) bond motifs is 2. The summed E-state index contributed by atoms with van der Waals surface area (Å²) in [6.07, 6.45) is 1.12. The molecule has 3 heterocycles. The Morgan fingerprint density at radius 3 is 2.75 bits per heavy atom. The molecule has 5 rings (SSSR count).